The number of carbonyl (C=O) groups excluding carboxylic acids is 2. The van der Waals surface area contributed by atoms with Crippen LogP contribution in [0, 0.1) is 13.8 Å². The van der Waals surface area contributed by atoms with Gasteiger partial charge in [-0.2, -0.15) is 0 Å². The first-order chi connectivity index (χ1) is 13.0. The minimum atomic E-state index is -0.416. The fourth-order valence-corrected chi connectivity index (χ4v) is 3.97. The minimum Gasteiger partial charge on any atom is -0.462 e. The molecule has 0 saturated carbocycles. The van der Waals surface area contributed by atoms with Crippen LogP contribution in [0.1, 0.15) is 32.9 Å². The lowest BCUT2D eigenvalue weighted by atomic mass is 10.1. The van der Waals surface area contributed by atoms with Crippen LogP contribution in [0.3, 0.4) is 0 Å². The molecule has 1 aromatic carbocycles. The van der Waals surface area contributed by atoms with Gasteiger partial charge in [0.1, 0.15) is 4.88 Å². The molecule has 0 radical (unpaired) electrons. The summed E-state index contributed by atoms with van der Waals surface area (Å²) in [4.78, 5) is 33.2. The molecule has 0 saturated heterocycles. The molecule has 27 heavy (non-hydrogen) atoms. The number of hydrogen-bond donors (Lipinski definition) is 1. The lowest BCUT2D eigenvalue weighted by Gasteiger charge is -2.03. The number of aryl methyl sites for hydroxylation is 2. The van der Waals surface area contributed by atoms with Crippen LogP contribution in [-0.4, -0.2) is 28.5 Å². The maximum absolute atomic E-state index is 12.3. The second-order valence-electron chi connectivity index (χ2n) is 5.83. The average molecular weight is 402 g/mol. The summed E-state index contributed by atoms with van der Waals surface area (Å²) in [6, 6.07) is 7.76. The number of hydrogen-bond acceptors (Lipinski definition) is 7. The number of rotatable bonds is 6. The molecule has 3 rings (SSSR count). The molecule has 0 fully saturated rings. The molecule has 3 aromatic rings. The predicted molar refractivity (Wildman–Crippen MR) is 107 cm³/mol. The monoisotopic (exact) mass is 401 g/mol. The smallest absolute Gasteiger partial charge is 0.350 e. The SMILES string of the molecule is CCOC(=O)c1sc(NC(=O)Cc2ccc(-c3csc(C)n3)cc2)nc1C. The van der Waals surface area contributed by atoms with Crippen molar-refractivity contribution in [2.45, 2.75) is 27.2 Å². The Morgan fingerprint density at radius 1 is 1.15 bits per heavy atom. The van der Waals surface area contributed by atoms with E-state index in [-0.39, 0.29) is 12.3 Å². The highest BCUT2D eigenvalue weighted by Crippen LogP contribution is 2.24. The van der Waals surface area contributed by atoms with Crippen molar-refractivity contribution in [3.8, 4) is 11.3 Å². The van der Waals surface area contributed by atoms with Gasteiger partial charge in [0.15, 0.2) is 5.13 Å². The van der Waals surface area contributed by atoms with Crippen LogP contribution in [0.2, 0.25) is 0 Å². The van der Waals surface area contributed by atoms with Crippen molar-refractivity contribution >= 4 is 39.7 Å². The van der Waals surface area contributed by atoms with Gasteiger partial charge in [0.2, 0.25) is 5.91 Å². The molecule has 0 spiro atoms. The number of anilines is 1. The number of nitrogens with one attached hydrogen (secondary N) is 1. The van der Waals surface area contributed by atoms with E-state index in [1.165, 1.54) is 0 Å². The zero-order valence-corrected chi connectivity index (χ0v) is 16.9. The lowest BCUT2D eigenvalue weighted by molar-refractivity contribution is -0.115. The number of nitrogens with zero attached hydrogens (tertiary/aromatic N) is 2. The summed E-state index contributed by atoms with van der Waals surface area (Å²) in [6.07, 6.45) is 0.226. The number of amides is 1. The first-order valence-corrected chi connectivity index (χ1v) is 10.1. The zero-order valence-electron chi connectivity index (χ0n) is 15.2. The molecule has 8 heteroatoms. The van der Waals surface area contributed by atoms with Crippen LogP contribution in [0.5, 0.6) is 0 Å². The van der Waals surface area contributed by atoms with Crippen molar-refractivity contribution in [1.29, 1.82) is 0 Å². The summed E-state index contributed by atoms with van der Waals surface area (Å²) >= 11 is 2.73. The van der Waals surface area contributed by atoms with Gasteiger partial charge in [-0.1, -0.05) is 35.6 Å². The van der Waals surface area contributed by atoms with Gasteiger partial charge in [0.05, 0.1) is 29.4 Å². The molecule has 140 valence electrons. The minimum absolute atomic E-state index is 0.184. The number of aromatic nitrogens is 2. The van der Waals surface area contributed by atoms with E-state index in [1.54, 1.807) is 25.2 Å². The van der Waals surface area contributed by atoms with E-state index in [0.717, 1.165) is 33.2 Å². The van der Waals surface area contributed by atoms with E-state index in [2.05, 4.69) is 15.3 Å². The lowest BCUT2D eigenvalue weighted by Crippen LogP contribution is -2.14. The maximum Gasteiger partial charge on any atom is 0.350 e. The molecule has 0 unspecified atom stereocenters. The maximum atomic E-state index is 12.3. The number of thiazole rings is 2. The van der Waals surface area contributed by atoms with Crippen molar-refractivity contribution in [3.63, 3.8) is 0 Å². The Morgan fingerprint density at radius 3 is 2.52 bits per heavy atom. The Labute approximate surface area is 165 Å². The van der Waals surface area contributed by atoms with Gasteiger partial charge >= 0.3 is 5.97 Å². The van der Waals surface area contributed by atoms with Crippen molar-refractivity contribution < 1.29 is 14.3 Å². The predicted octanol–water partition coefficient (Wildman–Crippen LogP) is 4.24. The Hall–Kier alpha value is -2.58. The van der Waals surface area contributed by atoms with Gasteiger partial charge < -0.3 is 10.1 Å². The number of esters is 1. The third kappa shape index (κ3) is 4.78. The van der Waals surface area contributed by atoms with Crippen LogP contribution in [-0.2, 0) is 16.0 Å². The summed E-state index contributed by atoms with van der Waals surface area (Å²) in [7, 11) is 0. The molecule has 0 aliphatic heterocycles. The summed E-state index contributed by atoms with van der Waals surface area (Å²) in [5.41, 5.74) is 3.41. The molecular formula is C19H19N3O3S2. The number of ether oxygens (including phenoxy) is 1. The second kappa shape index (κ2) is 8.41. The van der Waals surface area contributed by atoms with Crippen LogP contribution >= 0.6 is 22.7 Å². The fraction of sp³-hybridized carbons (Fsp3) is 0.263. The average Bonchev–Trinajstić information content (AvgIpc) is 3.21. The largest absolute Gasteiger partial charge is 0.462 e. The first-order valence-electron chi connectivity index (χ1n) is 8.42. The van der Waals surface area contributed by atoms with Crippen molar-refractivity contribution in [3.05, 3.63) is 50.8 Å². The van der Waals surface area contributed by atoms with Crippen molar-refractivity contribution in [2.24, 2.45) is 0 Å². The highest BCUT2D eigenvalue weighted by Gasteiger charge is 2.17. The zero-order chi connectivity index (χ0) is 19.4. The quantitative estimate of drug-likeness (QED) is 0.625. The Balaban J connectivity index is 1.62. The third-order valence-corrected chi connectivity index (χ3v) is 5.56. The molecule has 0 aliphatic rings. The molecule has 1 amide bonds. The number of carbonyl (C=O) groups is 2. The summed E-state index contributed by atoms with van der Waals surface area (Å²) < 4.78 is 4.99. The molecule has 6 nitrogen and oxygen atoms in total. The van der Waals surface area contributed by atoms with E-state index in [0.29, 0.717) is 22.3 Å². The van der Waals surface area contributed by atoms with E-state index >= 15 is 0 Å². The second-order valence-corrected chi connectivity index (χ2v) is 7.89. The molecule has 2 aromatic heterocycles. The standard InChI is InChI=1S/C19H19N3O3S2/c1-4-25-18(24)17-11(2)20-19(27-17)22-16(23)9-13-5-7-14(8-6-13)15-10-26-12(3)21-15/h5-8,10H,4,9H2,1-3H3,(H,20,22,23). The van der Waals surface area contributed by atoms with Gasteiger partial charge in [0, 0.05) is 10.9 Å². The summed E-state index contributed by atoms with van der Waals surface area (Å²) in [5.74, 6) is -0.600. The number of benzene rings is 1. The summed E-state index contributed by atoms with van der Waals surface area (Å²) in [5, 5.41) is 6.19. The van der Waals surface area contributed by atoms with Gasteiger partial charge in [-0.25, -0.2) is 14.8 Å². The fourth-order valence-electron chi connectivity index (χ4n) is 2.47. The Bertz CT molecular complexity index is 961. The normalized spacial score (nSPS) is 10.6. The highest BCUT2D eigenvalue weighted by molar-refractivity contribution is 7.17. The summed E-state index contributed by atoms with van der Waals surface area (Å²) in [6.45, 7) is 5.74. The van der Waals surface area contributed by atoms with Crippen LogP contribution < -0.4 is 5.32 Å². The van der Waals surface area contributed by atoms with Gasteiger partial charge in [-0.3, -0.25) is 4.79 Å². The molecule has 0 bridgehead atoms. The van der Waals surface area contributed by atoms with Crippen LogP contribution in [0.4, 0.5) is 5.13 Å². The first kappa shape index (κ1) is 19.2. The van der Waals surface area contributed by atoms with Crippen molar-refractivity contribution in [2.75, 3.05) is 11.9 Å². The van der Waals surface area contributed by atoms with E-state index in [1.807, 2.05) is 36.6 Å². The Kier molecular flexibility index (Phi) is 5.98. The highest BCUT2D eigenvalue weighted by atomic mass is 32.1. The van der Waals surface area contributed by atoms with E-state index in [4.69, 9.17) is 4.74 Å². The van der Waals surface area contributed by atoms with Crippen molar-refractivity contribution in [1.82, 2.24) is 9.97 Å². The molecule has 1 N–H and O–H groups in total. The molecule has 0 atom stereocenters. The van der Waals surface area contributed by atoms with Crippen LogP contribution in [0.15, 0.2) is 29.6 Å². The van der Waals surface area contributed by atoms with E-state index in [9.17, 15) is 9.59 Å². The van der Waals surface area contributed by atoms with Gasteiger partial charge in [-0.15, -0.1) is 11.3 Å². The molecule has 2 heterocycles. The van der Waals surface area contributed by atoms with E-state index < -0.39 is 5.97 Å². The van der Waals surface area contributed by atoms with Crippen LogP contribution in [0.25, 0.3) is 11.3 Å². The molecule has 0 aliphatic carbocycles. The van der Waals surface area contributed by atoms with Gasteiger partial charge in [-0.05, 0) is 26.3 Å². The molecular weight excluding hydrogens is 382 g/mol. The van der Waals surface area contributed by atoms with Gasteiger partial charge in [0.25, 0.3) is 0 Å². The Morgan fingerprint density at radius 2 is 1.89 bits per heavy atom. The third-order valence-electron chi connectivity index (χ3n) is 3.74. The topological polar surface area (TPSA) is 81.2 Å².